The predicted octanol–water partition coefficient (Wildman–Crippen LogP) is 17.8. The lowest BCUT2D eigenvalue weighted by atomic mass is 10.0. The van der Waals surface area contributed by atoms with Crippen molar-refractivity contribution in [1.29, 1.82) is 0 Å². The molecule has 0 aromatic carbocycles. The van der Waals surface area contributed by atoms with Crippen LogP contribution in [0.2, 0.25) is 0 Å². The van der Waals surface area contributed by atoms with E-state index in [0.29, 0.717) is 19.3 Å². The van der Waals surface area contributed by atoms with Gasteiger partial charge in [0.1, 0.15) is 13.2 Å². The number of carbonyl (C=O) groups excluding carboxylic acids is 3. The lowest BCUT2D eigenvalue weighted by Crippen LogP contribution is -2.30. The Labute approximate surface area is 380 Å². The molecular weight excluding hydrogens is 757 g/mol. The van der Waals surface area contributed by atoms with Crippen LogP contribution in [0.25, 0.3) is 0 Å². The van der Waals surface area contributed by atoms with Crippen molar-refractivity contribution in [3.8, 4) is 0 Å². The summed E-state index contributed by atoms with van der Waals surface area (Å²) in [7, 11) is 0. The molecule has 0 unspecified atom stereocenters. The Morgan fingerprint density at radius 3 is 0.803 bits per heavy atom. The molecule has 0 N–H and O–H groups in total. The zero-order valence-electron chi connectivity index (χ0n) is 41.6. The van der Waals surface area contributed by atoms with Gasteiger partial charge >= 0.3 is 17.9 Å². The number of rotatable bonds is 50. The van der Waals surface area contributed by atoms with Crippen LogP contribution in [-0.4, -0.2) is 37.2 Å². The van der Waals surface area contributed by atoms with Gasteiger partial charge in [0.05, 0.1) is 0 Å². The Balaban J connectivity index is 4.28. The largest absolute Gasteiger partial charge is 0.462 e. The Hall–Kier alpha value is -1.59. The lowest BCUT2D eigenvalue weighted by molar-refractivity contribution is -0.167. The van der Waals surface area contributed by atoms with Crippen molar-refractivity contribution in [2.24, 2.45) is 5.92 Å². The second-order valence-corrected chi connectivity index (χ2v) is 19.3. The van der Waals surface area contributed by atoms with Crippen LogP contribution in [0.15, 0.2) is 0 Å². The first-order valence-electron chi connectivity index (χ1n) is 27.4. The Morgan fingerprint density at radius 1 is 0.311 bits per heavy atom. The van der Waals surface area contributed by atoms with Crippen LogP contribution in [0.4, 0.5) is 0 Å². The fraction of sp³-hybridized carbons (Fsp3) is 0.945. The highest BCUT2D eigenvalue weighted by Gasteiger charge is 2.19. The minimum Gasteiger partial charge on any atom is -0.462 e. The summed E-state index contributed by atoms with van der Waals surface area (Å²) in [6, 6.07) is 0. The SMILES string of the molecule is CCCCCCCCCCCCCCCCCCCC(=O)OC[C@H](COC(=O)CCCCCCCCCCCC(C)C)OC(=O)CCCCCCCCCCCCCCCC. The van der Waals surface area contributed by atoms with Crippen LogP contribution in [0.3, 0.4) is 0 Å². The highest BCUT2D eigenvalue weighted by Crippen LogP contribution is 2.17. The first-order chi connectivity index (χ1) is 29.9. The summed E-state index contributed by atoms with van der Waals surface area (Å²) in [6.07, 6.45) is 52.3. The lowest BCUT2D eigenvalue weighted by Gasteiger charge is -2.18. The minimum atomic E-state index is -0.761. The molecule has 6 heteroatoms. The summed E-state index contributed by atoms with van der Waals surface area (Å²) in [4.78, 5) is 38.0. The first-order valence-corrected chi connectivity index (χ1v) is 27.4. The molecule has 0 aromatic rings. The van der Waals surface area contributed by atoms with Gasteiger partial charge in [0, 0.05) is 19.3 Å². The second-order valence-electron chi connectivity index (χ2n) is 19.3. The van der Waals surface area contributed by atoms with E-state index in [-0.39, 0.29) is 31.1 Å². The van der Waals surface area contributed by atoms with E-state index in [0.717, 1.165) is 63.7 Å². The van der Waals surface area contributed by atoms with Crippen molar-refractivity contribution < 1.29 is 28.6 Å². The number of hydrogen-bond donors (Lipinski definition) is 0. The van der Waals surface area contributed by atoms with Gasteiger partial charge in [-0.05, 0) is 25.2 Å². The van der Waals surface area contributed by atoms with Crippen molar-refractivity contribution in [2.75, 3.05) is 13.2 Å². The fourth-order valence-corrected chi connectivity index (χ4v) is 8.39. The van der Waals surface area contributed by atoms with Crippen molar-refractivity contribution in [2.45, 2.75) is 316 Å². The van der Waals surface area contributed by atoms with Crippen molar-refractivity contribution in [3.63, 3.8) is 0 Å². The summed E-state index contributed by atoms with van der Waals surface area (Å²) in [5, 5.41) is 0. The highest BCUT2D eigenvalue weighted by molar-refractivity contribution is 5.71. The van der Waals surface area contributed by atoms with Crippen molar-refractivity contribution in [3.05, 3.63) is 0 Å². The monoisotopic (exact) mass is 863 g/mol. The topological polar surface area (TPSA) is 78.9 Å². The average molecular weight is 863 g/mol. The number of ether oxygens (including phenoxy) is 3. The molecule has 0 aromatic heterocycles. The van der Waals surface area contributed by atoms with Gasteiger partial charge in [-0.15, -0.1) is 0 Å². The van der Waals surface area contributed by atoms with Gasteiger partial charge in [0.15, 0.2) is 6.10 Å². The van der Waals surface area contributed by atoms with Crippen LogP contribution in [0, 0.1) is 5.92 Å². The predicted molar refractivity (Wildman–Crippen MR) is 261 cm³/mol. The van der Waals surface area contributed by atoms with E-state index in [1.54, 1.807) is 0 Å². The summed E-state index contributed by atoms with van der Waals surface area (Å²) in [5.74, 6) is -0.0324. The smallest absolute Gasteiger partial charge is 0.306 e. The van der Waals surface area contributed by atoms with Crippen molar-refractivity contribution >= 4 is 17.9 Å². The molecule has 0 aliphatic heterocycles. The van der Waals surface area contributed by atoms with Gasteiger partial charge in [-0.25, -0.2) is 0 Å². The minimum absolute atomic E-state index is 0.0625. The van der Waals surface area contributed by atoms with Crippen LogP contribution in [0.5, 0.6) is 0 Å². The summed E-state index contributed by atoms with van der Waals surface area (Å²) < 4.78 is 16.8. The molecule has 1 atom stereocenters. The molecule has 0 saturated carbocycles. The van der Waals surface area contributed by atoms with E-state index in [1.165, 1.54) is 205 Å². The van der Waals surface area contributed by atoms with Crippen molar-refractivity contribution in [1.82, 2.24) is 0 Å². The third kappa shape index (κ3) is 49.3. The second kappa shape index (κ2) is 49.4. The van der Waals surface area contributed by atoms with Crippen LogP contribution in [-0.2, 0) is 28.6 Å². The quantitative estimate of drug-likeness (QED) is 0.0344. The number of unbranched alkanes of at least 4 members (excludes halogenated alkanes) is 37. The normalized spacial score (nSPS) is 12.0. The van der Waals surface area contributed by atoms with Gasteiger partial charge in [0.2, 0.25) is 0 Å². The van der Waals surface area contributed by atoms with Crippen LogP contribution in [0.1, 0.15) is 310 Å². The van der Waals surface area contributed by atoms with E-state index in [9.17, 15) is 14.4 Å². The van der Waals surface area contributed by atoms with E-state index in [4.69, 9.17) is 14.2 Å². The zero-order chi connectivity index (χ0) is 44.5. The van der Waals surface area contributed by atoms with Gasteiger partial charge in [-0.1, -0.05) is 272 Å². The Kier molecular flexibility index (Phi) is 48.1. The van der Waals surface area contributed by atoms with Crippen LogP contribution < -0.4 is 0 Å². The molecule has 0 aliphatic rings. The molecule has 0 fully saturated rings. The summed E-state index contributed by atoms with van der Waals surface area (Å²) in [5.41, 5.74) is 0. The average Bonchev–Trinajstić information content (AvgIpc) is 3.24. The Bertz CT molecular complexity index is 918. The van der Waals surface area contributed by atoms with E-state index >= 15 is 0 Å². The van der Waals surface area contributed by atoms with Gasteiger partial charge in [-0.2, -0.15) is 0 Å². The number of esters is 3. The molecule has 362 valence electrons. The molecule has 0 saturated heterocycles. The van der Waals surface area contributed by atoms with E-state index in [1.807, 2.05) is 0 Å². The zero-order valence-corrected chi connectivity index (χ0v) is 41.6. The molecule has 0 bridgehead atoms. The summed E-state index contributed by atoms with van der Waals surface area (Å²) >= 11 is 0. The molecular formula is C55H106O6. The molecule has 0 amide bonds. The third-order valence-corrected chi connectivity index (χ3v) is 12.5. The van der Waals surface area contributed by atoms with Gasteiger partial charge < -0.3 is 14.2 Å². The molecule has 0 spiro atoms. The molecule has 6 nitrogen and oxygen atoms in total. The molecule has 0 radical (unpaired) electrons. The van der Waals surface area contributed by atoms with Gasteiger partial charge in [-0.3, -0.25) is 14.4 Å². The Morgan fingerprint density at radius 2 is 0.541 bits per heavy atom. The highest BCUT2D eigenvalue weighted by atomic mass is 16.6. The van der Waals surface area contributed by atoms with E-state index < -0.39 is 6.10 Å². The maximum absolute atomic E-state index is 12.8. The molecule has 0 rings (SSSR count). The van der Waals surface area contributed by atoms with E-state index in [2.05, 4.69) is 27.7 Å². The fourth-order valence-electron chi connectivity index (χ4n) is 8.39. The standard InChI is InChI=1S/C55H106O6/c1-5-7-9-11-13-15-17-19-21-22-23-25-26-30-34-38-42-46-53(56)59-49-52(50-60-54(57)47-43-39-35-32-28-29-33-37-41-45-51(3)4)61-55(58)48-44-40-36-31-27-24-20-18-16-14-12-10-8-6-2/h51-52H,5-50H2,1-4H3/t52-/m1/s1. The van der Waals surface area contributed by atoms with Gasteiger partial charge in [0.25, 0.3) is 0 Å². The number of hydrogen-bond acceptors (Lipinski definition) is 6. The molecule has 0 aliphatic carbocycles. The molecule has 0 heterocycles. The maximum atomic E-state index is 12.8. The molecule has 61 heavy (non-hydrogen) atoms. The third-order valence-electron chi connectivity index (χ3n) is 12.5. The number of carbonyl (C=O) groups is 3. The maximum Gasteiger partial charge on any atom is 0.306 e. The summed E-state index contributed by atoms with van der Waals surface area (Å²) in [6.45, 7) is 9.02. The first kappa shape index (κ1) is 59.4. The van der Waals surface area contributed by atoms with Crippen LogP contribution >= 0.6 is 0 Å².